The molecular formula is C14H19Cl2N3O. The Balaban J connectivity index is 1.95. The lowest BCUT2D eigenvalue weighted by Crippen LogP contribution is -2.55. The highest BCUT2D eigenvalue weighted by Crippen LogP contribution is 2.29. The van der Waals surface area contributed by atoms with Crippen molar-refractivity contribution in [2.45, 2.75) is 25.9 Å². The van der Waals surface area contributed by atoms with Crippen LogP contribution in [0.2, 0.25) is 10.0 Å². The monoisotopic (exact) mass is 315 g/mol. The van der Waals surface area contributed by atoms with E-state index in [1.807, 2.05) is 0 Å². The highest BCUT2D eigenvalue weighted by atomic mass is 35.5. The van der Waals surface area contributed by atoms with Crippen LogP contribution in [-0.2, 0) is 4.79 Å². The molecule has 1 heterocycles. The Hall–Kier alpha value is -0.810. The Bertz CT molecular complexity index is 465. The fourth-order valence-corrected chi connectivity index (χ4v) is 3.06. The third-order valence-corrected chi connectivity index (χ3v) is 3.86. The molecule has 1 aliphatic heterocycles. The van der Waals surface area contributed by atoms with Crippen molar-refractivity contribution < 1.29 is 4.79 Å². The minimum Gasteiger partial charge on any atom is -0.322 e. The number of amides is 1. The van der Waals surface area contributed by atoms with Gasteiger partial charge in [0.25, 0.3) is 0 Å². The van der Waals surface area contributed by atoms with Gasteiger partial charge in [-0.1, -0.05) is 29.3 Å². The van der Waals surface area contributed by atoms with E-state index in [1.165, 1.54) is 0 Å². The highest BCUT2D eigenvalue weighted by molar-refractivity contribution is 6.39. The molecule has 2 atom stereocenters. The Labute approximate surface area is 129 Å². The van der Waals surface area contributed by atoms with Crippen LogP contribution in [0.1, 0.15) is 13.8 Å². The van der Waals surface area contributed by atoms with Crippen LogP contribution in [0.4, 0.5) is 5.69 Å². The summed E-state index contributed by atoms with van der Waals surface area (Å²) >= 11 is 12.1. The zero-order chi connectivity index (χ0) is 14.7. The number of anilines is 1. The number of nitrogens with zero attached hydrogens (tertiary/aromatic N) is 1. The van der Waals surface area contributed by atoms with E-state index in [1.54, 1.807) is 18.2 Å². The molecule has 1 aromatic carbocycles. The molecule has 1 amide bonds. The van der Waals surface area contributed by atoms with E-state index in [4.69, 9.17) is 23.2 Å². The Morgan fingerprint density at radius 3 is 2.40 bits per heavy atom. The first-order valence-electron chi connectivity index (χ1n) is 6.68. The molecule has 0 aliphatic carbocycles. The van der Waals surface area contributed by atoms with Crippen molar-refractivity contribution >= 4 is 34.8 Å². The number of carbonyl (C=O) groups excluding carboxylic acids is 1. The minimum absolute atomic E-state index is 0.0960. The lowest BCUT2D eigenvalue weighted by Gasteiger charge is -2.35. The molecule has 0 aromatic heterocycles. The molecule has 4 nitrogen and oxygen atoms in total. The normalized spacial score (nSPS) is 23.6. The van der Waals surface area contributed by atoms with Crippen molar-refractivity contribution in [1.29, 1.82) is 0 Å². The smallest absolute Gasteiger partial charge is 0.238 e. The summed E-state index contributed by atoms with van der Waals surface area (Å²) < 4.78 is 0. The first kappa shape index (κ1) is 15.6. The van der Waals surface area contributed by atoms with Gasteiger partial charge in [-0.2, -0.15) is 0 Å². The zero-order valence-corrected chi connectivity index (χ0v) is 13.1. The minimum atomic E-state index is -0.0960. The third kappa shape index (κ3) is 4.09. The second-order valence-corrected chi connectivity index (χ2v) is 6.12. The van der Waals surface area contributed by atoms with Crippen LogP contribution in [0.3, 0.4) is 0 Å². The number of hydrogen-bond acceptors (Lipinski definition) is 3. The molecule has 0 saturated carbocycles. The standard InChI is InChI=1S/C14H19Cl2N3O/c1-9-6-19(7-10(2)17-9)8-13(20)18-14-11(15)4-3-5-12(14)16/h3-5,9-10,17H,6-8H2,1-2H3,(H,18,20). The molecule has 2 unspecified atom stereocenters. The second-order valence-electron chi connectivity index (χ2n) is 5.31. The SMILES string of the molecule is CC1CN(CC(=O)Nc2c(Cl)cccc2Cl)CC(C)N1. The molecule has 1 saturated heterocycles. The lowest BCUT2D eigenvalue weighted by molar-refractivity contribution is -0.117. The zero-order valence-electron chi connectivity index (χ0n) is 11.6. The van der Waals surface area contributed by atoms with Gasteiger partial charge in [0.05, 0.1) is 22.3 Å². The average molecular weight is 316 g/mol. The molecule has 1 fully saturated rings. The van der Waals surface area contributed by atoms with Crippen LogP contribution in [0.5, 0.6) is 0 Å². The van der Waals surface area contributed by atoms with Crippen molar-refractivity contribution in [1.82, 2.24) is 10.2 Å². The van der Waals surface area contributed by atoms with E-state index in [2.05, 4.69) is 29.4 Å². The largest absolute Gasteiger partial charge is 0.322 e. The quantitative estimate of drug-likeness (QED) is 0.901. The van der Waals surface area contributed by atoms with E-state index in [-0.39, 0.29) is 5.91 Å². The van der Waals surface area contributed by atoms with Gasteiger partial charge in [0.2, 0.25) is 5.91 Å². The van der Waals surface area contributed by atoms with Crippen LogP contribution < -0.4 is 10.6 Å². The molecule has 0 spiro atoms. The predicted molar refractivity (Wildman–Crippen MR) is 83.6 cm³/mol. The first-order valence-corrected chi connectivity index (χ1v) is 7.43. The van der Waals surface area contributed by atoms with E-state index in [0.717, 1.165) is 13.1 Å². The van der Waals surface area contributed by atoms with Crippen molar-refractivity contribution in [2.24, 2.45) is 0 Å². The van der Waals surface area contributed by atoms with Gasteiger partial charge in [-0.15, -0.1) is 0 Å². The molecule has 110 valence electrons. The Morgan fingerprint density at radius 2 is 1.85 bits per heavy atom. The number of hydrogen-bond donors (Lipinski definition) is 2. The van der Waals surface area contributed by atoms with Crippen molar-refractivity contribution in [2.75, 3.05) is 25.0 Å². The van der Waals surface area contributed by atoms with Crippen LogP contribution in [0.15, 0.2) is 18.2 Å². The number of para-hydroxylation sites is 1. The number of nitrogens with one attached hydrogen (secondary N) is 2. The average Bonchev–Trinajstić information content (AvgIpc) is 2.32. The fraction of sp³-hybridized carbons (Fsp3) is 0.500. The van der Waals surface area contributed by atoms with Gasteiger partial charge in [-0.05, 0) is 26.0 Å². The van der Waals surface area contributed by atoms with Gasteiger partial charge in [0.1, 0.15) is 0 Å². The number of benzene rings is 1. The number of rotatable bonds is 3. The van der Waals surface area contributed by atoms with Crippen molar-refractivity contribution in [3.63, 3.8) is 0 Å². The van der Waals surface area contributed by atoms with E-state index in [9.17, 15) is 4.79 Å². The molecule has 2 rings (SSSR count). The number of piperazine rings is 1. The maximum absolute atomic E-state index is 12.1. The Morgan fingerprint density at radius 1 is 1.30 bits per heavy atom. The third-order valence-electron chi connectivity index (χ3n) is 3.23. The number of halogens is 2. The van der Waals surface area contributed by atoms with Gasteiger partial charge >= 0.3 is 0 Å². The molecule has 1 aliphatic rings. The van der Waals surface area contributed by atoms with E-state index >= 15 is 0 Å². The second kappa shape index (κ2) is 6.76. The van der Waals surface area contributed by atoms with Crippen LogP contribution in [-0.4, -0.2) is 42.5 Å². The molecule has 0 radical (unpaired) electrons. The van der Waals surface area contributed by atoms with E-state index in [0.29, 0.717) is 34.4 Å². The van der Waals surface area contributed by atoms with Crippen LogP contribution in [0.25, 0.3) is 0 Å². The maximum Gasteiger partial charge on any atom is 0.238 e. The van der Waals surface area contributed by atoms with Gasteiger partial charge in [0, 0.05) is 25.2 Å². The molecule has 20 heavy (non-hydrogen) atoms. The predicted octanol–water partition coefficient (Wildman–Crippen LogP) is 2.61. The summed E-state index contributed by atoms with van der Waals surface area (Å²) in [7, 11) is 0. The summed E-state index contributed by atoms with van der Waals surface area (Å²) in [5, 5.41) is 7.13. The topological polar surface area (TPSA) is 44.4 Å². The lowest BCUT2D eigenvalue weighted by atomic mass is 10.1. The van der Waals surface area contributed by atoms with E-state index < -0.39 is 0 Å². The van der Waals surface area contributed by atoms with Gasteiger partial charge in [-0.3, -0.25) is 9.69 Å². The summed E-state index contributed by atoms with van der Waals surface area (Å²) in [5.41, 5.74) is 0.483. The molecule has 6 heteroatoms. The Kier molecular flexibility index (Phi) is 5.27. The number of carbonyl (C=O) groups is 1. The molecule has 1 aromatic rings. The first-order chi connectivity index (χ1) is 9.45. The summed E-state index contributed by atoms with van der Waals surface area (Å²) in [6, 6.07) is 5.93. The van der Waals surface area contributed by atoms with Crippen molar-refractivity contribution in [3.8, 4) is 0 Å². The van der Waals surface area contributed by atoms with Gasteiger partial charge in [-0.25, -0.2) is 0 Å². The highest BCUT2D eigenvalue weighted by Gasteiger charge is 2.22. The van der Waals surface area contributed by atoms with Crippen molar-refractivity contribution in [3.05, 3.63) is 28.2 Å². The molecule has 2 N–H and O–H groups in total. The summed E-state index contributed by atoms with van der Waals surface area (Å²) in [4.78, 5) is 14.2. The summed E-state index contributed by atoms with van der Waals surface area (Å²) in [6.07, 6.45) is 0. The summed E-state index contributed by atoms with van der Waals surface area (Å²) in [6.45, 7) is 6.29. The summed E-state index contributed by atoms with van der Waals surface area (Å²) in [5.74, 6) is -0.0960. The molecule has 0 bridgehead atoms. The van der Waals surface area contributed by atoms with Crippen LogP contribution in [0, 0.1) is 0 Å². The van der Waals surface area contributed by atoms with Gasteiger partial charge < -0.3 is 10.6 Å². The van der Waals surface area contributed by atoms with Crippen LogP contribution >= 0.6 is 23.2 Å². The maximum atomic E-state index is 12.1. The fourth-order valence-electron chi connectivity index (χ4n) is 2.57. The molecular weight excluding hydrogens is 297 g/mol. The van der Waals surface area contributed by atoms with Gasteiger partial charge in [0.15, 0.2) is 0 Å².